The van der Waals surface area contributed by atoms with E-state index in [0.717, 1.165) is 0 Å². The zero-order chi connectivity index (χ0) is 9.97. The second kappa shape index (κ2) is 4.42. The van der Waals surface area contributed by atoms with Gasteiger partial charge >= 0.3 is 0 Å². The van der Waals surface area contributed by atoms with Gasteiger partial charge in [0.1, 0.15) is 0 Å². The predicted molar refractivity (Wildman–Crippen MR) is 69.5 cm³/mol. The fourth-order valence-corrected chi connectivity index (χ4v) is 2.42. The first-order chi connectivity index (χ1) is 6.77. The predicted octanol–water partition coefficient (Wildman–Crippen LogP) is 3.40. The molecule has 0 amide bonds. The summed E-state index contributed by atoms with van der Waals surface area (Å²) in [4.78, 5) is 1.21. The van der Waals surface area contributed by atoms with Crippen molar-refractivity contribution in [3.05, 3.63) is 55.8 Å². The molecule has 1 nitrogen and oxygen atoms in total. The third-order valence-electron chi connectivity index (χ3n) is 2.08. The maximum Gasteiger partial charge on any atom is 0.0646 e. The molecular weight excluding hydrogens is 305 g/mol. The number of thiophene rings is 1. The number of hydrogen-bond acceptors (Lipinski definition) is 2. The van der Waals surface area contributed by atoms with Crippen molar-refractivity contribution < 1.29 is 0 Å². The molecule has 1 atom stereocenters. The van der Waals surface area contributed by atoms with Gasteiger partial charge in [0, 0.05) is 8.45 Å². The van der Waals surface area contributed by atoms with Crippen LogP contribution in [0.2, 0.25) is 0 Å². The molecule has 0 saturated carbocycles. The molecule has 1 unspecified atom stereocenters. The minimum atomic E-state index is 0.0204. The topological polar surface area (TPSA) is 26.0 Å². The standard InChI is InChI=1S/C11H10INS/c12-9-5-3-8(4-6-9)11(13)10-2-1-7-14-10/h1-7,11H,13H2. The van der Waals surface area contributed by atoms with Crippen LogP contribution < -0.4 is 5.73 Å². The molecular formula is C11H10INS. The molecule has 2 rings (SSSR count). The van der Waals surface area contributed by atoms with E-state index in [9.17, 15) is 0 Å². The molecule has 0 bridgehead atoms. The summed E-state index contributed by atoms with van der Waals surface area (Å²) in [6.07, 6.45) is 0. The molecule has 0 fully saturated rings. The first-order valence-electron chi connectivity index (χ1n) is 4.32. The molecule has 1 aromatic heterocycles. The summed E-state index contributed by atoms with van der Waals surface area (Å²) in [6, 6.07) is 12.5. The van der Waals surface area contributed by atoms with Crippen molar-refractivity contribution in [2.45, 2.75) is 6.04 Å². The highest BCUT2D eigenvalue weighted by Crippen LogP contribution is 2.23. The Morgan fingerprint density at radius 2 is 1.86 bits per heavy atom. The summed E-state index contributed by atoms with van der Waals surface area (Å²) in [5.41, 5.74) is 7.29. The number of benzene rings is 1. The molecule has 0 radical (unpaired) electrons. The van der Waals surface area contributed by atoms with Gasteiger partial charge in [-0.05, 0) is 51.7 Å². The second-order valence-electron chi connectivity index (χ2n) is 3.04. The van der Waals surface area contributed by atoms with Crippen molar-refractivity contribution in [2.24, 2.45) is 5.73 Å². The van der Waals surface area contributed by atoms with E-state index in [0.29, 0.717) is 0 Å². The van der Waals surface area contributed by atoms with E-state index < -0.39 is 0 Å². The van der Waals surface area contributed by atoms with E-state index in [2.05, 4.69) is 58.3 Å². The van der Waals surface area contributed by atoms with Crippen LogP contribution in [0.3, 0.4) is 0 Å². The quantitative estimate of drug-likeness (QED) is 0.845. The van der Waals surface area contributed by atoms with Gasteiger partial charge in [0.25, 0.3) is 0 Å². The van der Waals surface area contributed by atoms with Gasteiger partial charge in [-0.3, -0.25) is 0 Å². The van der Waals surface area contributed by atoms with Crippen LogP contribution in [-0.4, -0.2) is 0 Å². The molecule has 1 aromatic carbocycles. The zero-order valence-electron chi connectivity index (χ0n) is 7.48. The Bertz CT molecular complexity index is 394. The Labute approximate surface area is 101 Å². The molecule has 0 saturated heterocycles. The van der Waals surface area contributed by atoms with Crippen LogP contribution in [-0.2, 0) is 0 Å². The lowest BCUT2D eigenvalue weighted by Crippen LogP contribution is -2.09. The van der Waals surface area contributed by atoms with Crippen LogP contribution >= 0.6 is 33.9 Å². The molecule has 72 valence electrons. The van der Waals surface area contributed by atoms with E-state index >= 15 is 0 Å². The lowest BCUT2D eigenvalue weighted by atomic mass is 10.1. The van der Waals surface area contributed by atoms with Gasteiger partial charge in [0.2, 0.25) is 0 Å². The Morgan fingerprint density at radius 1 is 1.14 bits per heavy atom. The number of halogens is 1. The average molecular weight is 315 g/mol. The van der Waals surface area contributed by atoms with Crippen molar-refractivity contribution in [3.8, 4) is 0 Å². The summed E-state index contributed by atoms with van der Waals surface area (Å²) >= 11 is 4.00. The minimum Gasteiger partial charge on any atom is -0.320 e. The Kier molecular flexibility index (Phi) is 3.20. The number of hydrogen-bond donors (Lipinski definition) is 1. The average Bonchev–Trinajstić information content (AvgIpc) is 2.71. The van der Waals surface area contributed by atoms with Crippen molar-refractivity contribution in [1.82, 2.24) is 0 Å². The summed E-state index contributed by atoms with van der Waals surface area (Å²) in [6.45, 7) is 0. The van der Waals surface area contributed by atoms with E-state index in [1.165, 1.54) is 14.0 Å². The fourth-order valence-electron chi connectivity index (χ4n) is 1.30. The monoisotopic (exact) mass is 315 g/mol. The van der Waals surface area contributed by atoms with E-state index in [-0.39, 0.29) is 6.04 Å². The lowest BCUT2D eigenvalue weighted by Gasteiger charge is -2.09. The van der Waals surface area contributed by atoms with Gasteiger partial charge in [-0.25, -0.2) is 0 Å². The van der Waals surface area contributed by atoms with Crippen LogP contribution in [0.1, 0.15) is 16.5 Å². The summed E-state index contributed by atoms with van der Waals surface area (Å²) in [5, 5.41) is 2.06. The Hall–Kier alpha value is -0.390. The third-order valence-corrected chi connectivity index (χ3v) is 3.75. The first kappa shape index (κ1) is 10.1. The van der Waals surface area contributed by atoms with Gasteiger partial charge in [0.15, 0.2) is 0 Å². The van der Waals surface area contributed by atoms with Gasteiger partial charge in [-0.15, -0.1) is 11.3 Å². The van der Waals surface area contributed by atoms with Crippen LogP contribution in [0, 0.1) is 3.57 Å². The van der Waals surface area contributed by atoms with Crippen LogP contribution in [0.4, 0.5) is 0 Å². The Balaban J connectivity index is 2.28. The van der Waals surface area contributed by atoms with E-state index in [4.69, 9.17) is 5.73 Å². The molecule has 0 aliphatic rings. The van der Waals surface area contributed by atoms with Gasteiger partial charge in [0.05, 0.1) is 6.04 Å². The Morgan fingerprint density at radius 3 is 2.43 bits per heavy atom. The second-order valence-corrected chi connectivity index (χ2v) is 5.27. The molecule has 3 heteroatoms. The lowest BCUT2D eigenvalue weighted by molar-refractivity contribution is 0.893. The maximum atomic E-state index is 6.12. The molecule has 2 N–H and O–H groups in total. The summed E-state index contributed by atoms with van der Waals surface area (Å²) in [5.74, 6) is 0. The van der Waals surface area contributed by atoms with Crippen LogP contribution in [0.5, 0.6) is 0 Å². The summed E-state index contributed by atoms with van der Waals surface area (Å²) < 4.78 is 1.24. The van der Waals surface area contributed by atoms with Crippen molar-refractivity contribution in [1.29, 1.82) is 0 Å². The van der Waals surface area contributed by atoms with Crippen molar-refractivity contribution >= 4 is 33.9 Å². The smallest absolute Gasteiger partial charge is 0.0646 e. The summed E-state index contributed by atoms with van der Waals surface area (Å²) in [7, 11) is 0. The number of rotatable bonds is 2. The first-order valence-corrected chi connectivity index (χ1v) is 6.27. The van der Waals surface area contributed by atoms with Gasteiger partial charge < -0.3 is 5.73 Å². The van der Waals surface area contributed by atoms with Crippen LogP contribution in [0.15, 0.2) is 41.8 Å². The molecule has 2 aromatic rings. The van der Waals surface area contributed by atoms with Crippen molar-refractivity contribution in [2.75, 3.05) is 0 Å². The van der Waals surface area contributed by atoms with Crippen molar-refractivity contribution in [3.63, 3.8) is 0 Å². The molecule has 14 heavy (non-hydrogen) atoms. The highest BCUT2D eigenvalue weighted by atomic mass is 127. The third kappa shape index (κ3) is 2.16. The SMILES string of the molecule is NC(c1ccc(I)cc1)c1cccs1. The highest BCUT2D eigenvalue weighted by Gasteiger charge is 2.08. The highest BCUT2D eigenvalue weighted by molar-refractivity contribution is 14.1. The largest absolute Gasteiger partial charge is 0.320 e. The molecule has 0 aliphatic heterocycles. The van der Waals surface area contributed by atoms with Gasteiger partial charge in [-0.2, -0.15) is 0 Å². The van der Waals surface area contributed by atoms with Gasteiger partial charge in [-0.1, -0.05) is 18.2 Å². The van der Waals surface area contributed by atoms with E-state index in [1.54, 1.807) is 11.3 Å². The zero-order valence-corrected chi connectivity index (χ0v) is 10.5. The fraction of sp³-hybridized carbons (Fsp3) is 0.0909. The molecule has 0 aliphatic carbocycles. The van der Waals surface area contributed by atoms with E-state index in [1.807, 2.05) is 6.07 Å². The molecule has 0 spiro atoms. The number of nitrogens with two attached hydrogens (primary N) is 1. The maximum absolute atomic E-state index is 6.12. The minimum absolute atomic E-state index is 0.0204. The normalized spacial score (nSPS) is 12.7. The molecule has 1 heterocycles. The van der Waals surface area contributed by atoms with Crippen LogP contribution in [0.25, 0.3) is 0 Å².